The smallest absolute Gasteiger partial charge is 0.258 e. The van der Waals surface area contributed by atoms with Gasteiger partial charge in [0.25, 0.3) is 5.91 Å². The van der Waals surface area contributed by atoms with Crippen LogP contribution >= 0.6 is 11.3 Å². The molecule has 0 radical (unpaired) electrons. The molecule has 5 aromatic rings. The number of rotatable bonds is 5. The molecule has 6 rings (SSSR count). The van der Waals surface area contributed by atoms with Gasteiger partial charge in [0.2, 0.25) is 5.43 Å². The Morgan fingerprint density at radius 3 is 2.62 bits per heavy atom. The summed E-state index contributed by atoms with van der Waals surface area (Å²) in [6, 6.07) is 15.9. The fourth-order valence-electron chi connectivity index (χ4n) is 5.00. The average Bonchev–Trinajstić information content (AvgIpc) is 3.31. The molecule has 0 unspecified atom stereocenters. The normalized spacial score (nSPS) is 14.7. The van der Waals surface area contributed by atoms with Crippen molar-refractivity contribution in [3.63, 3.8) is 0 Å². The van der Waals surface area contributed by atoms with Gasteiger partial charge in [0.1, 0.15) is 16.2 Å². The summed E-state index contributed by atoms with van der Waals surface area (Å²) in [5.41, 5.74) is 2.24. The SMILES string of the molecule is CC(C)N1CCN(c2ccc3c(=O)c(C(=O)NCc4cccnc4)c4sc5ccccc5n4c3n2)CC1. The quantitative estimate of drug-likeness (QED) is 0.384. The zero-order valence-corrected chi connectivity index (χ0v) is 21.7. The zero-order chi connectivity index (χ0) is 25.5. The summed E-state index contributed by atoms with van der Waals surface area (Å²) < 4.78 is 2.97. The molecular formula is C28H28N6O2S. The minimum Gasteiger partial charge on any atom is -0.354 e. The number of carbonyl (C=O) groups excluding carboxylic acids is 1. The fourth-order valence-corrected chi connectivity index (χ4v) is 6.18. The van der Waals surface area contributed by atoms with Crippen LogP contribution in [0.15, 0.2) is 65.7 Å². The Morgan fingerprint density at radius 1 is 1.05 bits per heavy atom. The largest absolute Gasteiger partial charge is 0.354 e. The predicted octanol–water partition coefficient (Wildman–Crippen LogP) is 3.92. The highest BCUT2D eigenvalue weighted by atomic mass is 32.1. The van der Waals surface area contributed by atoms with Crippen molar-refractivity contribution in [2.75, 3.05) is 31.1 Å². The number of nitrogens with zero attached hydrogens (tertiary/aromatic N) is 5. The maximum Gasteiger partial charge on any atom is 0.258 e. The molecule has 1 amide bonds. The molecule has 8 nitrogen and oxygen atoms in total. The maximum absolute atomic E-state index is 13.7. The monoisotopic (exact) mass is 512 g/mol. The van der Waals surface area contributed by atoms with E-state index >= 15 is 0 Å². The molecule has 1 aromatic carbocycles. The fraction of sp³-hybridized carbons (Fsp3) is 0.286. The number of hydrogen-bond acceptors (Lipinski definition) is 7. The van der Waals surface area contributed by atoms with Crippen molar-refractivity contribution in [3.05, 3.63) is 82.3 Å². The molecule has 0 atom stereocenters. The lowest BCUT2D eigenvalue weighted by Crippen LogP contribution is -2.49. The first-order valence-electron chi connectivity index (χ1n) is 12.5. The van der Waals surface area contributed by atoms with Gasteiger partial charge in [0.15, 0.2) is 5.65 Å². The molecular weight excluding hydrogens is 484 g/mol. The molecule has 0 bridgehead atoms. The second kappa shape index (κ2) is 9.57. The number of fused-ring (bicyclic) bond motifs is 5. The zero-order valence-electron chi connectivity index (χ0n) is 20.8. The molecule has 4 aromatic heterocycles. The van der Waals surface area contributed by atoms with Crippen molar-refractivity contribution in [3.8, 4) is 0 Å². The first kappa shape index (κ1) is 23.6. The summed E-state index contributed by atoms with van der Waals surface area (Å²) in [6.45, 7) is 8.45. The minimum atomic E-state index is -0.395. The van der Waals surface area contributed by atoms with Gasteiger partial charge in [-0.05, 0) is 49.7 Å². The number of piperazine rings is 1. The first-order valence-corrected chi connectivity index (χ1v) is 13.4. The Kier molecular flexibility index (Phi) is 6.10. The molecule has 0 saturated carbocycles. The van der Waals surface area contributed by atoms with Gasteiger partial charge in [-0.25, -0.2) is 4.98 Å². The standard InChI is InChI=1S/C28H28N6O2S/c1-18(2)32-12-14-33(15-13-32)23-10-9-20-25(35)24(27(36)30-17-19-6-5-11-29-16-19)28-34(26(20)31-23)21-7-3-4-8-22(21)37-28/h3-11,16,18H,12-15,17H2,1-2H3,(H,30,36). The number of amides is 1. The van der Waals surface area contributed by atoms with Crippen molar-refractivity contribution in [1.29, 1.82) is 0 Å². The molecule has 1 N–H and O–H groups in total. The molecule has 37 heavy (non-hydrogen) atoms. The van der Waals surface area contributed by atoms with E-state index in [9.17, 15) is 9.59 Å². The van der Waals surface area contributed by atoms with E-state index in [0.717, 1.165) is 47.8 Å². The first-order chi connectivity index (χ1) is 18.0. The van der Waals surface area contributed by atoms with Crippen molar-refractivity contribution in [2.45, 2.75) is 26.4 Å². The Bertz CT molecular complexity index is 1670. The van der Waals surface area contributed by atoms with Crippen LogP contribution in [0.3, 0.4) is 0 Å². The highest BCUT2D eigenvalue weighted by Gasteiger charge is 2.24. The van der Waals surface area contributed by atoms with Crippen LogP contribution < -0.4 is 15.6 Å². The minimum absolute atomic E-state index is 0.151. The summed E-state index contributed by atoms with van der Waals surface area (Å²) in [4.78, 5) is 41.6. The lowest BCUT2D eigenvalue weighted by molar-refractivity contribution is 0.0951. The Morgan fingerprint density at radius 2 is 1.86 bits per heavy atom. The van der Waals surface area contributed by atoms with E-state index in [2.05, 4.69) is 33.9 Å². The number of benzene rings is 1. The molecule has 1 fully saturated rings. The Labute approximate surface area is 218 Å². The number of thiazole rings is 1. The van der Waals surface area contributed by atoms with E-state index in [1.165, 1.54) is 11.3 Å². The molecule has 0 spiro atoms. The van der Waals surface area contributed by atoms with Crippen LogP contribution in [0.25, 0.3) is 26.1 Å². The Hall–Kier alpha value is -3.82. The molecule has 188 valence electrons. The topological polar surface area (TPSA) is 82.8 Å². The summed E-state index contributed by atoms with van der Waals surface area (Å²) in [7, 11) is 0. The van der Waals surface area contributed by atoms with Gasteiger partial charge in [-0.15, -0.1) is 11.3 Å². The third kappa shape index (κ3) is 4.24. The third-order valence-corrected chi connectivity index (χ3v) is 8.19. The van der Waals surface area contributed by atoms with Crippen molar-refractivity contribution >= 4 is 49.1 Å². The number of anilines is 1. The van der Waals surface area contributed by atoms with Gasteiger partial charge in [-0.1, -0.05) is 18.2 Å². The third-order valence-electron chi connectivity index (χ3n) is 7.05. The summed E-state index contributed by atoms with van der Waals surface area (Å²) >= 11 is 1.44. The van der Waals surface area contributed by atoms with Crippen molar-refractivity contribution in [1.82, 2.24) is 24.6 Å². The summed E-state index contributed by atoms with van der Waals surface area (Å²) in [5.74, 6) is 0.460. The maximum atomic E-state index is 13.7. The second-order valence-electron chi connectivity index (χ2n) is 9.62. The van der Waals surface area contributed by atoms with E-state index in [1.807, 2.05) is 52.9 Å². The summed E-state index contributed by atoms with van der Waals surface area (Å²) in [6.07, 6.45) is 3.39. The van der Waals surface area contributed by atoms with Gasteiger partial charge in [0, 0.05) is 51.2 Å². The molecule has 9 heteroatoms. The van der Waals surface area contributed by atoms with Gasteiger partial charge in [0.05, 0.1) is 15.6 Å². The van der Waals surface area contributed by atoms with Gasteiger partial charge >= 0.3 is 0 Å². The van der Waals surface area contributed by atoms with E-state index < -0.39 is 5.91 Å². The molecule has 1 saturated heterocycles. The second-order valence-corrected chi connectivity index (χ2v) is 10.6. The van der Waals surface area contributed by atoms with Gasteiger partial charge in [-0.3, -0.25) is 23.9 Å². The van der Waals surface area contributed by atoms with Crippen LogP contribution in [0.1, 0.15) is 29.8 Å². The highest BCUT2D eigenvalue weighted by Crippen LogP contribution is 2.31. The highest BCUT2D eigenvalue weighted by molar-refractivity contribution is 7.24. The Balaban J connectivity index is 1.47. The van der Waals surface area contributed by atoms with Crippen LogP contribution in [0, 0.1) is 0 Å². The van der Waals surface area contributed by atoms with Crippen LogP contribution in [0.2, 0.25) is 0 Å². The van der Waals surface area contributed by atoms with Crippen LogP contribution in [-0.4, -0.2) is 57.4 Å². The van der Waals surface area contributed by atoms with E-state index in [-0.39, 0.29) is 11.0 Å². The van der Waals surface area contributed by atoms with Crippen molar-refractivity contribution in [2.24, 2.45) is 0 Å². The van der Waals surface area contributed by atoms with Gasteiger partial charge in [-0.2, -0.15) is 0 Å². The average molecular weight is 513 g/mol. The summed E-state index contributed by atoms with van der Waals surface area (Å²) in [5, 5.41) is 3.36. The van der Waals surface area contributed by atoms with E-state index in [0.29, 0.717) is 28.5 Å². The molecule has 1 aliphatic heterocycles. The molecule has 1 aliphatic rings. The van der Waals surface area contributed by atoms with Crippen LogP contribution in [-0.2, 0) is 6.54 Å². The van der Waals surface area contributed by atoms with Crippen LogP contribution in [0.4, 0.5) is 5.82 Å². The number of pyridine rings is 3. The number of nitrogens with one attached hydrogen (secondary N) is 1. The predicted molar refractivity (Wildman–Crippen MR) is 149 cm³/mol. The number of hydrogen-bond donors (Lipinski definition) is 1. The lowest BCUT2D eigenvalue weighted by Gasteiger charge is -2.37. The van der Waals surface area contributed by atoms with E-state index in [1.54, 1.807) is 12.4 Å². The number of aromatic nitrogens is 3. The van der Waals surface area contributed by atoms with E-state index in [4.69, 9.17) is 4.98 Å². The van der Waals surface area contributed by atoms with Crippen LogP contribution in [0.5, 0.6) is 0 Å². The molecule has 0 aliphatic carbocycles. The lowest BCUT2D eigenvalue weighted by atomic mass is 10.1. The molecule has 5 heterocycles. The van der Waals surface area contributed by atoms with Gasteiger partial charge < -0.3 is 10.2 Å². The number of para-hydroxylation sites is 1. The van der Waals surface area contributed by atoms with Crippen molar-refractivity contribution < 1.29 is 4.79 Å². The number of carbonyl (C=O) groups is 1.